The summed E-state index contributed by atoms with van der Waals surface area (Å²) in [5.74, 6) is -3.47. The minimum Gasteiger partial charge on any atom is -0.326 e. The van der Waals surface area contributed by atoms with Crippen LogP contribution in [-0.2, 0) is 0 Å². The zero-order chi connectivity index (χ0) is 14.6. The van der Waals surface area contributed by atoms with E-state index in [9.17, 15) is 23.7 Å². The second kappa shape index (κ2) is 5.86. The van der Waals surface area contributed by atoms with Crippen LogP contribution < -0.4 is 0 Å². The molecule has 0 aliphatic heterocycles. The van der Waals surface area contributed by atoms with Crippen LogP contribution >= 0.6 is 0 Å². The molecule has 0 saturated carbocycles. The minimum absolute atomic E-state index is 0.0934. The van der Waals surface area contributed by atoms with Gasteiger partial charge in [-0.3, -0.25) is 14.9 Å². The number of nitriles is 1. The summed E-state index contributed by atoms with van der Waals surface area (Å²) in [6, 6.07) is 2.67. The van der Waals surface area contributed by atoms with Gasteiger partial charge in [-0.15, -0.1) is 0 Å². The van der Waals surface area contributed by atoms with Crippen molar-refractivity contribution in [2.24, 2.45) is 0 Å². The quantitative estimate of drug-likeness (QED) is 0.474. The standard InChI is InChI=1S/C11H9F2N3O3/c1-2-15(4-3-14)11(17)8-5-7(12)6-9(10(8)13)16(18)19/h5-6H,2,4H2,1H3. The highest BCUT2D eigenvalue weighted by Crippen LogP contribution is 2.23. The summed E-state index contributed by atoms with van der Waals surface area (Å²) < 4.78 is 26.9. The molecule has 1 aromatic carbocycles. The molecule has 0 N–H and O–H groups in total. The Bertz CT molecular complexity index is 569. The lowest BCUT2D eigenvalue weighted by atomic mass is 10.1. The molecule has 1 rings (SSSR count). The molecular weight excluding hydrogens is 260 g/mol. The first kappa shape index (κ1) is 14.5. The van der Waals surface area contributed by atoms with Crippen molar-refractivity contribution in [3.8, 4) is 6.07 Å². The summed E-state index contributed by atoms with van der Waals surface area (Å²) in [5, 5.41) is 19.0. The first-order valence-electron chi connectivity index (χ1n) is 5.22. The first-order valence-corrected chi connectivity index (χ1v) is 5.22. The molecule has 0 spiro atoms. The van der Waals surface area contributed by atoms with E-state index in [0.29, 0.717) is 12.1 Å². The predicted octanol–water partition coefficient (Wildman–Crippen LogP) is 1.86. The summed E-state index contributed by atoms with van der Waals surface area (Å²) in [7, 11) is 0. The summed E-state index contributed by atoms with van der Waals surface area (Å²) in [6.07, 6.45) is 0. The molecule has 0 heterocycles. The summed E-state index contributed by atoms with van der Waals surface area (Å²) in [6.45, 7) is 1.32. The maximum atomic E-state index is 13.8. The van der Waals surface area contributed by atoms with Gasteiger partial charge in [0.1, 0.15) is 12.4 Å². The molecule has 0 fully saturated rings. The van der Waals surface area contributed by atoms with E-state index in [0.717, 1.165) is 4.90 Å². The fourth-order valence-electron chi connectivity index (χ4n) is 1.45. The van der Waals surface area contributed by atoms with Gasteiger partial charge < -0.3 is 4.90 Å². The van der Waals surface area contributed by atoms with Crippen LogP contribution in [0.5, 0.6) is 0 Å². The zero-order valence-electron chi connectivity index (χ0n) is 9.89. The number of nitro groups is 1. The van der Waals surface area contributed by atoms with E-state index in [1.165, 1.54) is 0 Å². The maximum Gasteiger partial charge on any atom is 0.308 e. The highest BCUT2D eigenvalue weighted by Gasteiger charge is 2.26. The van der Waals surface area contributed by atoms with Crippen LogP contribution in [0.4, 0.5) is 14.5 Å². The molecule has 100 valence electrons. The van der Waals surface area contributed by atoms with E-state index in [1.54, 1.807) is 13.0 Å². The first-order chi connectivity index (χ1) is 8.92. The van der Waals surface area contributed by atoms with Crippen molar-refractivity contribution in [3.05, 3.63) is 39.4 Å². The number of nitrogens with zero attached hydrogens (tertiary/aromatic N) is 3. The van der Waals surface area contributed by atoms with Crippen LogP contribution in [0.3, 0.4) is 0 Å². The number of carbonyl (C=O) groups is 1. The molecule has 19 heavy (non-hydrogen) atoms. The maximum absolute atomic E-state index is 13.8. The van der Waals surface area contributed by atoms with Gasteiger partial charge in [0.2, 0.25) is 5.82 Å². The number of amides is 1. The van der Waals surface area contributed by atoms with Crippen LogP contribution in [0.25, 0.3) is 0 Å². The van der Waals surface area contributed by atoms with Crippen molar-refractivity contribution in [2.75, 3.05) is 13.1 Å². The van der Waals surface area contributed by atoms with Gasteiger partial charge in [-0.1, -0.05) is 0 Å². The van der Waals surface area contributed by atoms with Crippen LogP contribution in [-0.4, -0.2) is 28.8 Å². The second-order valence-corrected chi connectivity index (χ2v) is 3.52. The third kappa shape index (κ3) is 3.01. The molecule has 0 bridgehead atoms. The molecule has 0 aromatic heterocycles. The molecule has 0 unspecified atom stereocenters. The molecule has 0 radical (unpaired) electrons. The van der Waals surface area contributed by atoms with Crippen LogP contribution in [0, 0.1) is 33.1 Å². The largest absolute Gasteiger partial charge is 0.326 e. The van der Waals surface area contributed by atoms with Crippen molar-refractivity contribution in [3.63, 3.8) is 0 Å². The highest BCUT2D eigenvalue weighted by molar-refractivity contribution is 5.95. The van der Waals surface area contributed by atoms with Gasteiger partial charge in [0.25, 0.3) is 5.91 Å². The van der Waals surface area contributed by atoms with E-state index in [4.69, 9.17) is 5.26 Å². The SMILES string of the molecule is CCN(CC#N)C(=O)c1cc(F)cc([N+](=O)[O-])c1F. The van der Waals surface area contributed by atoms with Crippen LogP contribution in [0.15, 0.2) is 12.1 Å². The van der Waals surface area contributed by atoms with Crippen molar-refractivity contribution in [1.82, 2.24) is 4.90 Å². The summed E-state index contributed by atoms with van der Waals surface area (Å²) >= 11 is 0. The summed E-state index contributed by atoms with van der Waals surface area (Å²) in [4.78, 5) is 22.2. The topological polar surface area (TPSA) is 87.2 Å². The van der Waals surface area contributed by atoms with Crippen molar-refractivity contribution in [1.29, 1.82) is 5.26 Å². The summed E-state index contributed by atoms with van der Waals surface area (Å²) in [5.41, 5.74) is -1.87. The Morgan fingerprint density at radius 3 is 2.63 bits per heavy atom. The van der Waals surface area contributed by atoms with Crippen molar-refractivity contribution < 1.29 is 18.5 Å². The third-order valence-electron chi connectivity index (χ3n) is 2.38. The Hall–Kier alpha value is -2.56. The molecule has 1 amide bonds. The number of rotatable bonds is 4. The van der Waals surface area contributed by atoms with Gasteiger partial charge in [-0.25, -0.2) is 4.39 Å². The van der Waals surface area contributed by atoms with E-state index in [-0.39, 0.29) is 13.1 Å². The molecule has 1 aromatic rings. The molecule has 0 saturated heterocycles. The number of carbonyl (C=O) groups excluding carboxylic acids is 1. The van der Waals surface area contributed by atoms with Gasteiger partial charge in [-0.05, 0) is 13.0 Å². The number of nitro benzene ring substituents is 1. The Morgan fingerprint density at radius 1 is 1.53 bits per heavy atom. The monoisotopic (exact) mass is 269 g/mol. The van der Waals surface area contributed by atoms with Crippen LogP contribution in [0.1, 0.15) is 17.3 Å². The number of benzene rings is 1. The lowest BCUT2D eigenvalue weighted by Gasteiger charge is -2.17. The number of halogens is 2. The van der Waals surface area contributed by atoms with Gasteiger partial charge >= 0.3 is 5.69 Å². The van der Waals surface area contributed by atoms with Gasteiger partial charge in [0.05, 0.1) is 22.6 Å². The van der Waals surface area contributed by atoms with E-state index >= 15 is 0 Å². The lowest BCUT2D eigenvalue weighted by molar-refractivity contribution is -0.387. The fourth-order valence-corrected chi connectivity index (χ4v) is 1.45. The Balaban J connectivity index is 3.31. The smallest absolute Gasteiger partial charge is 0.308 e. The average Bonchev–Trinajstić information content (AvgIpc) is 2.37. The Labute approximate surface area is 107 Å². The van der Waals surface area contributed by atoms with E-state index in [2.05, 4.69) is 0 Å². The third-order valence-corrected chi connectivity index (χ3v) is 2.38. The molecule has 6 nitrogen and oxygen atoms in total. The van der Waals surface area contributed by atoms with E-state index < -0.39 is 33.7 Å². The molecular formula is C11H9F2N3O3. The van der Waals surface area contributed by atoms with Crippen molar-refractivity contribution >= 4 is 11.6 Å². The second-order valence-electron chi connectivity index (χ2n) is 3.52. The average molecular weight is 269 g/mol. The van der Waals surface area contributed by atoms with Crippen molar-refractivity contribution in [2.45, 2.75) is 6.92 Å². The molecule has 0 aliphatic rings. The Kier molecular flexibility index (Phi) is 4.47. The molecule has 0 atom stereocenters. The van der Waals surface area contributed by atoms with Crippen LogP contribution in [0.2, 0.25) is 0 Å². The molecule has 8 heteroatoms. The predicted molar refractivity (Wildman–Crippen MR) is 60.2 cm³/mol. The Morgan fingerprint density at radius 2 is 2.16 bits per heavy atom. The van der Waals surface area contributed by atoms with Gasteiger partial charge in [0.15, 0.2) is 0 Å². The minimum atomic E-state index is -1.41. The van der Waals surface area contributed by atoms with Gasteiger partial charge in [-0.2, -0.15) is 9.65 Å². The molecule has 0 aliphatic carbocycles. The number of hydrogen-bond donors (Lipinski definition) is 0. The number of hydrogen-bond acceptors (Lipinski definition) is 4. The van der Waals surface area contributed by atoms with Gasteiger partial charge in [0, 0.05) is 6.54 Å². The fraction of sp³-hybridized carbons (Fsp3) is 0.273. The lowest BCUT2D eigenvalue weighted by Crippen LogP contribution is -2.32. The highest BCUT2D eigenvalue weighted by atomic mass is 19.1. The zero-order valence-corrected chi connectivity index (χ0v) is 9.89. The van der Waals surface area contributed by atoms with E-state index in [1.807, 2.05) is 0 Å². The normalized spacial score (nSPS) is 9.79.